The first kappa shape index (κ1) is 21.8. The van der Waals surface area contributed by atoms with Crippen molar-refractivity contribution in [2.45, 2.75) is 6.18 Å². The van der Waals surface area contributed by atoms with Crippen LogP contribution < -0.4 is 0 Å². The second kappa shape index (κ2) is 8.06. The molecule has 0 saturated heterocycles. The standard InChI is InChI=1S/C22H11Cl3F3N5/c23-12-4-6-16(24)14(9-12)19-20(32-8-2-1-3-18(32)30-19)21-31-29-11-33(21)13-5-7-17(25)15(10-13)22(26,27)28/h1-11H. The van der Waals surface area contributed by atoms with Gasteiger partial charge in [0.15, 0.2) is 5.82 Å². The molecule has 0 aliphatic carbocycles. The highest BCUT2D eigenvalue weighted by atomic mass is 35.5. The van der Waals surface area contributed by atoms with Crippen molar-refractivity contribution in [3.8, 4) is 28.5 Å². The molecule has 5 nitrogen and oxygen atoms in total. The Morgan fingerprint density at radius 1 is 0.879 bits per heavy atom. The van der Waals surface area contributed by atoms with E-state index in [0.717, 1.165) is 6.07 Å². The van der Waals surface area contributed by atoms with E-state index in [2.05, 4.69) is 15.2 Å². The molecule has 0 fully saturated rings. The van der Waals surface area contributed by atoms with Gasteiger partial charge in [0, 0.05) is 22.5 Å². The van der Waals surface area contributed by atoms with Crippen molar-refractivity contribution in [3.63, 3.8) is 0 Å². The first-order valence-electron chi connectivity index (χ1n) is 9.44. The van der Waals surface area contributed by atoms with Gasteiger partial charge >= 0.3 is 6.18 Å². The molecule has 0 N–H and O–H groups in total. The van der Waals surface area contributed by atoms with E-state index >= 15 is 0 Å². The van der Waals surface area contributed by atoms with E-state index in [9.17, 15) is 13.2 Å². The first-order valence-corrected chi connectivity index (χ1v) is 10.6. The van der Waals surface area contributed by atoms with E-state index in [1.807, 2.05) is 6.07 Å². The summed E-state index contributed by atoms with van der Waals surface area (Å²) in [5, 5.41) is 8.60. The van der Waals surface area contributed by atoms with Crippen LogP contribution in [0.15, 0.2) is 67.1 Å². The molecule has 3 aromatic heterocycles. The minimum absolute atomic E-state index is 0.181. The average molecular weight is 509 g/mol. The Labute approximate surface area is 200 Å². The molecule has 0 aliphatic rings. The lowest BCUT2D eigenvalue weighted by Crippen LogP contribution is -2.08. The summed E-state index contributed by atoms with van der Waals surface area (Å²) in [6, 6.07) is 14.0. The maximum absolute atomic E-state index is 13.5. The van der Waals surface area contributed by atoms with Crippen molar-refractivity contribution in [1.82, 2.24) is 24.1 Å². The number of halogens is 6. The number of pyridine rings is 1. The molecule has 0 aliphatic heterocycles. The fraction of sp³-hybridized carbons (Fsp3) is 0.0455. The van der Waals surface area contributed by atoms with Crippen LogP contribution in [0.4, 0.5) is 13.2 Å². The van der Waals surface area contributed by atoms with Gasteiger partial charge in [-0.15, -0.1) is 10.2 Å². The number of rotatable bonds is 3. The third-order valence-electron chi connectivity index (χ3n) is 5.01. The van der Waals surface area contributed by atoms with Gasteiger partial charge in [-0.25, -0.2) is 4.98 Å². The molecule has 5 rings (SSSR count). The second-order valence-electron chi connectivity index (χ2n) is 7.05. The van der Waals surface area contributed by atoms with Crippen molar-refractivity contribution in [3.05, 3.63) is 87.8 Å². The molecule has 3 heterocycles. The Morgan fingerprint density at radius 3 is 2.45 bits per heavy atom. The van der Waals surface area contributed by atoms with Crippen LogP contribution in [0.2, 0.25) is 15.1 Å². The van der Waals surface area contributed by atoms with Gasteiger partial charge in [-0.3, -0.25) is 8.97 Å². The van der Waals surface area contributed by atoms with Crippen LogP contribution in [0.25, 0.3) is 34.1 Å². The smallest absolute Gasteiger partial charge is 0.296 e. The summed E-state index contributed by atoms with van der Waals surface area (Å²) in [7, 11) is 0. The second-order valence-corrected chi connectivity index (χ2v) is 8.30. The van der Waals surface area contributed by atoms with Gasteiger partial charge in [0.25, 0.3) is 0 Å². The van der Waals surface area contributed by atoms with Crippen LogP contribution in [0.5, 0.6) is 0 Å². The lowest BCUT2D eigenvalue weighted by molar-refractivity contribution is -0.137. The Bertz CT molecular complexity index is 1510. The third kappa shape index (κ3) is 3.84. The van der Waals surface area contributed by atoms with Gasteiger partial charge in [-0.2, -0.15) is 13.2 Å². The largest absolute Gasteiger partial charge is 0.417 e. The molecule has 0 saturated carbocycles. The predicted molar refractivity (Wildman–Crippen MR) is 121 cm³/mol. The minimum atomic E-state index is -4.62. The van der Waals surface area contributed by atoms with Crippen molar-refractivity contribution >= 4 is 40.4 Å². The summed E-state index contributed by atoms with van der Waals surface area (Å²) in [5.74, 6) is 0.259. The Kier molecular flexibility index (Phi) is 5.31. The summed E-state index contributed by atoms with van der Waals surface area (Å²) in [6.45, 7) is 0. The van der Waals surface area contributed by atoms with Crippen LogP contribution in [-0.2, 0) is 6.18 Å². The van der Waals surface area contributed by atoms with E-state index in [0.29, 0.717) is 32.6 Å². The van der Waals surface area contributed by atoms with Crippen LogP contribution in [0.3, 0.4) is 0 Å². The van der Waals surface area contributed by atoms with Crippen molar-refractivity contribution in [2.75, 3.05) is 0 Å². The van der Waals surface area contributed by atoms with Gasteiger partial charge in [-0.05, 0) is 48.5 Å². The number of fused-ring (bicyclic) bond motifs is 1. The number of hydrogen-bond acceptors (Lipinski definition) is 3. The highest BCUT2D eigenvalue weighted by Gasteiger charge is 2.34. The van der Waals surface area contributed by atoms with Crippen LogP contribution in [0, 0.1) is 0 Å². The number of aromatic nitrogens is 5. The van der Waals surface area contributed by atoms with Crippen LogP contribution in [-0.4, -0.2) is 24.1 Å². The molecule has 0 atom stereocenters. The van der Waals surface area contributed by atoms with E-state index in [4.69, 9.17) is 34.8 Å². The number of imidazole rings is 1. The van der Waals surface area contributed by atoms with Gasteiger partial charge in [0.05, 0.1) is 15.6 Å². The lowest BCUT2D eigenvalue weighted by atomic mass is 10.1. The molecule has 0 amide bonds. The quantitative estimate of drug-likeness (QED) is 0.258. The average Bonchev–Trinajstić information content (AvgIpc) is 3.39. The summed E-state index contributed by atoms with van der Waals surface area (Å²) in [5.41, 5.74) is 1.28. The van der Waals surface area contributed by atoms with E-state index < -0.39 is 16.8 Å². The number of alkyl halides is 3. The Hall–Kier alpha value is -3.07. The highest BCUT2D eigenvalue weighted by Crippen LogP contribution is 2.39. The third-order valence-corrected chi connectivity index (χ3v) is 5.90. The normalized spacial score (nSPS) is 11.9. The zero-order valence-corrected chi connectivity index (χ0v) is 18.6. The molecule has 0 spiro atoms. The molecule has 0 unspecified atom stereocenters. The van der Waals surface area contributed by atoms with E-state index in [1.165, 1.54) is 23.0 Å². The van der Waals surface area contributed by atoms with Gasteiger partial charge in [-0.1, -0.05) is 40.9 Å². The predicted octanol–water partition coefficient (Wildman–Crippen LogP) is 7.23. The molecular formula is C22H11Cl3F3N5. The Balaban J connectivity index is 1.79. The van der Waals surface area contributed by atoms with E-state index in [-0.39, 0.29) is 11.5 Å². The molecule has 5 aromatic rings. The SMILES string of the molecule is FC(F)(F)c1cc(-n2cnnc2-c2c(-c3cc(Cl)ccc3Cl)nc3ccccn23)ccc1Cl. The monoisotopic (exact) mass is 507 g/mol. The summed E-state index contributed by atoms with van der Waals surface area (Å²) in [6.07, 6.45) is -1.53. The maximum atomic E-state index is 13.5. The van der Waals surface area contributed by atoms with E-state index in [1.54, 1.807) is 40.9 Å². The summed E-state index contributed by atoms with van der Waals surface area (Å²) >= 11 is 18.4. The fourth-order valence-electron chi connectivity index (χ4n) is 3.54. The van der Waals surface area contributed by atoms with Gasteiger partial charge in [0.1, 0.15) is 23.4 Å². The van der Waals surface area contributed by atoms with Gasteiger partial charge in [0.2, 0.25) is 0 Å². The van der Waals surface area contributed by atoms with Gasteiger partial charge < -0.3 is 0 Å². The van der Waals surface area contributed by atoms with Crippen LogP contribution >= 0.6 is 34.8 Å². The minimum Gasteiger partial charge on any atom is -0.296 e. The van der Waals surface area contributed by atoms with Crippen molar-refractivity contribution < 1.29 is 13.2 Å². The molecule has 166 valence electrons. The molecule has 33 heavy (non-hydrogen) atoms. The molecule has 2 aromatic carbocycles. The topological polar surface area (TPSA) is 48.0 Å². The van der Waals surface area contributed by atoms with Crippen molar-refractivity contribution in [2.24, 2.45) is 0 Å². The number of nitrogens with zero attached hydrogens (tertiary/aromatic N) is 5. The Morgan fingerprint density at radius 2 is 1.67 bits per heavy atom. The highest BCUT2D eigenvalue weighted by molar-refractivity contribution is 6.35. The lowest BCUT2D eigenvalue weighted by Gasteiger charge is -2.13. The molecule has 0 bridgehead atoms. The maximum Gasteiger partial charge on any atom is 0.417 e. The first-order chi connectivity index (χ1) is 15.7. The molecular weight excluding hydrogens is 498 g/mol. The summed E-state index contributed by atoms with van der Waals surface area (Å²) in [4.78, 5) is 4.68. The number of benzene rings is 2. The van der Waals surface area contributed by atoms with Crippen LogP contribution in [0.1, 0.15) is 5.56 Å². The zero-order chi connectivity index (χ0) is 23.3. The fourth-order valence-corrected chi connectivity index (χ4v) is 4.15. The zero-order valence-electron chi connectivity index (χ0n) is 16.4. The molecule has 11 heteroatoms. The summed E-state index contributed by atoms with van der Waals surface area (Å²) < 4.78 is 43.6. The number of hydrogen-bond donors (Lipinski definition) is 0. The molecule has 0 radical (unpaired) electrons. The van der Waals surface area contributed by atoms with Crippen molar-refractivity contribution in [1.29, 1.82) is 0 Å².